The Morgan fingerprint density at radius 2 is 1.87 bits per heavy atom. The van der Waals surface area contributed by atoms with Crippen LogP contribution in [0, 0.1) is 17.7 Å². The molecule has 0 spiro atoms. The van der Waals surface area contributed by atoms with Crippen molar-refractivity contribution in [3.63, 3.8) is 0 Å². The van der Waals surface area contributed by atoms with Crippen LogP contribution in [0.4, 0.5) is 4.39 Å². The van der Waals surface area contributed by atoms with Crippen molar-refractivity contribution in [1.82, 2.24) is 15.5 Å². The molecule has 2 N–H and O–H groups in total. The SMILES string of the molecule is COCCNC(=O)C(NC(=O)C1CCCC1)C1CCN(C(=O)c2cccc(F)c2)CC1. The second-order valence-corrected chi connectivity index (χ2v) is 8.39. The van der Waals surface area contributed by atoms with Crippen molar-refractivity contribution in [2.24, 2.45) is 11.8 Å². The van der Waals surface area contributed by atoms with E-state index in [1.807, 2.05) is 0 Å². The molecule has 1 atom stereocenters. The lowest BCUT2D eigenvalue weighted by atomic mass is 9.88. The Hall–Kier alpha value is -2.48. The number of hydrogen-bond donors (Lipinski definition) is 2. The summed E-state index contributed by atoms with van der Waals surface area (Å²) in [5, 5.41) is 5.84. The minimum absolute atomic E-state index is 0.0241. The maximum Gasteiger partial charge on any atom is 0.253 e. The van der Waals surface area contributed by atoms with Crippen LogP contribution in [-0.2, 0) is 14.3 Å². The van der Waals surface area contributed by atoms with Crippen LogP contribution < -0.4 is 10.6 Å². The first-order valence-electron chi connectivity index (χ1n) is 11.1. The summed E-state index contributed by atoms with van der Waals surface area (Å²) in [5.74, 6) is -1.01. The summed E-state index contributed by atoms with van der Waals surface area (Å²) in [6.45, 7) is 1.69. The maximum atomic E-state index is 13.5. The molecular weight excluding hydrogens is 401 g/mol. The van der Waals surface area contributed by atoms with Crippen molar-refractivity contribution in [2.45, 2.75) is 44.6 Å². The van der Waals surface area contributed by atoms with E-state index in [0.29, 0.717) is 44.6 Å². The van der Waals surface area contributed by atoms with Gasteiger partial charge in [0, 0.05) is 38.2 Å². The molecule has 3 rings (SSSR count). The van der Waals surface area contributed by atoms with Crippen LogP contribution in [0.2, 0.25) is 0 Å². The van der Waals surface area contributed by atoms with Crippen LogP contribution in [0.25, 0.3) is 0 Å². The Kier molecular flexibility index (Phi) is 8.40. The van der Waals surface area contributed by atoms with Crippen molar-refractivity contribution in [3.05, 3.63) is 35.6 Å². The molecule has 0 bridgehead atoms. The average molecular weight is 434 g/mol. The van der Waals surface area contributed by atoms with Crippen LogP contribution in [-0.4, -0.2) is 62.0 Å². The molecule has 3 amide bonds. The first kappa shape index (κ1) is 23.2. The van der Waals surface area contributed by atoms with Crippen molar-refractivity contribution >= 4 is 17.7 Å². The van der Waals surface area contributed by atoms with Gasteiger partial charge in [-0.05, 0) is 49.8 Å². The van der Waals surface area contributed by atoms with Gasteiger partial charge in [0.15, 0.2) is 0 Å². The van der Waals surface area contributed by atoms with Crippen molar-refractivity contribution in [3.8, 4) is 0 Å². The van der Waals surface area contributed by atoms with Gasteiger partial charge >= 0.3 is 0 Å². The number of benzene rings is 1. The zero-order valence-corrected chi connectivity index (χ0v) is 18.1. The number of halogens is 1. The predicted octanol–water partition coefficient (Wildman–Crippen LogP) is 2.12. The number of ether oxygens (including phenoxy) is 1. The van der Waals surface area contributed by atoms with Gasteiger partial charge in [0.05, 0.1) is 6.61 Å². The van der Waals surface area contributed by atoms with E-state index in [2.05, 4.69) is 10.6 Å². The Balaban J connectivity index is 1.61. The van der Waals surface area contributed by atoms with E-state index in [1.165, 1.54) is 18.2 Å². The molecular formula is C23H32FN3O4. The van der Waals surface area contributed by atoms with Gasteiger partial charge in [-0.1, -0.05) is 18.9 Å². The quantitative estimate of drug-likeness (QED) is 0.615. The average Bonchev–Trinajstić information content (AvgIpc) is 3.32. The van der Waals surface area contributed by atoms with Gasteiger partial charge in [-0.25, -0.2) is 4.39 Å². The van der Waals surface area contributed by atoms with Gasteiger partial charge in [-0.2, -0.15) is 0 Å². The topological polar surface area (TPSA) is 87.7 Å². The lowest BCUT2D eigenvalue weighted by molar-refractivity contribution is -0.132. The molecule has 0 aromatic heterocycles. The predicted molar refractivity (Wildman–Crippen MR) is 114 cm³/mol. The molecule has 2 aliphatic rings. The third-order valence-corrected chi connectivity index (χ3v) is 6.28. The van der Waals surface area contributed by atoms with Crippen LogP contribution in [0.15, 0.2) is 24.3 Å². The van der Waals surface area contributed by atoms with Gasteiger partial charge in [0.1, 0.15) is 11.9 Å². The molecule has 8 heteroatoms. The highest BCUT2D eigenvalue weighted by molar-refractivity contribution is 5.94. The van der Waals surface area contributed by atoms with Crippen molar-refractivity contribution < 1.29 is 23.5 Å². The number of piperidine rings is 1. The molecule has 1 unspecified atom stereocenters. The Labute approximate surface area is 182 Å². The van der Waals surface area contributed by atoms with Gasteiger partial charge in [-0.3, -0.25) is 14.4 Å². The fraction of sp³-hybridized carbons (Fsp3) is 0.609. The largest absolute Gasteiger partial charge is 0.383 e. The molecule has 1 saturated carbocycles. The Bertz CT molecular complexity index is 774. The van der Waals surface area contributed by atoms with E-state index in [-0.39, 0.29) is 29.6 Å². The first-order valence-corrected chi connectivity index (χ1v) is 11.1. The highest BCUT2D eigenvalue weighted by Crippen LogP contribution is 2.27. The summed E-state index contributed by atoms with van der Waals surface area (Å²) >= 11 is 0. The smallest absolute Gasteiger partial charge is 0.253 e. The van der Waals surface area contributed by atoms with Crippen LogP contribution in [0.5, 0.6) is 0 Å². The number of rotatable bonds is 8. The normalized spacial score (nSPS) is 18.6. The summed E-state index contributed by atoms with van der Waals surface area (Å²) in [7, 11) is 1.57. The number of nitrogens with one attached hydrogen (secondary N) is 2. The number of likely N-dealkylation sites (tertiary alicyclic amines) is 1. The lowest BCUT2D eigenvalue weighted by Crippen LogP contribution is -2.55. The standard InChI is InChI=1S/C23H32FN3O4/c1-31-14-11-25-22(29)20(26-21(28)17-5-2-3-6-17)16-9-12-27(13-10-16)23(30)18-7-4-8-19(24)15-18/h4,7-8,15-17,20H,2-3,5-6,9-14H2,1H3,(H,25,29)(H,26,28). The van der Waals surface area contributed by atoms with E-state index in [4.69, 9.17) is 4.74 Å². The van der Waals surface area contributed by atoms with Gasteiger partial charge in [0.25, 0.3) is 5.91 Å². The minimum Gasteiger partial charge on any atom is -0.383 e. The van der Waals surface area contributed by atoms with E-state index in [0.717, 1.165) is 25.7 Å². The van der Waals surface area contributed by atoms with Gasteiger partial charge in [-0.15, -0.1) is 0 Å². The summed E-state index contributed by atoms with van der Waals surface area (Å²) in [5.41, 5.74) is 0.321. The van der Waals surface area contributed by atoms with Crippen LogP contribution in [0.1, 0.15) is 48.9 Å². The molecule has 1 aliphatic carbocycles. The molecule has 1 saturated heterocycles. The number of nitrogens with zero attached hydrogens (tertiary/aromatic N) is 1. The minimum atomic E-state index is -0.628. The second kappa shape index (κ2) is 11.2. The van der Waals surface area contributed by atoms with E-state index in [9.17, 15) is 18.8 Å². The molecule has 0 radical (unpaired) electrons. The molecule has 1 aromatic rings. The molecule has 31 heavy (non-hydrogen) atoms. The highest BCUT2D eigenvalue weighted by Gasteiger charge is 2.35. The number of carbonyl (C=O) groups is 3. The number of methoxy groups -OCH3 is 1. The first-order chi connectivity index (χ1) is 15.0. The van der Waals surface area contributed by atoms with E-state index < -0.39 is 11.9 Å². The fourth-order valence-corrected chi connectivity index (χ4v) is 4.48. The molecule has 170 valence electrons. The summed E-state index contributed by atoms with van der Waals surface area (Å²) in [4.78, 5) is 39.9. The second-order valence-electron chi connectivity index (χ2n) is 8.39. The third-order valence-electron chi connectivity index (χ3n) is 6.28. The zero-order chi connectivity index (χ0) is 22.2. The molecule has 1 aromatic carbocycles. The van der Waals surface area contributed by atoms with Crippen LogP contribution >= 0.6 is 0 Å². The van der Waals surface area contributed by atoms with Gasteiger partial charge < -0.3 is 20.3 Å². The van der Waals surface area contributed by atoms with E-state index in [1.54, 1.807) is 18.1 Å². The molecule has 2 fully saturated rings. The maximum absolute atomic E-state index is 13.5. The van der Waals surface area contributed by atoms with Crippen LogP contribution in [0.3, 0.4) is 0 Å². The molecule has 1 heterocycles. The summed E-state index contributed by atoms with van der Waals surface area (Å²) in [6, 6.07) is 5.04. The Morgan fingerprint density at radius 3 is 2.52 bits per heavy atom. The van der Waals surface area contributed by atoms with E-state index >= 15 is 0 Å². The van der Waals surface area contributed by atoms with Crippen molar-refractivity contribution in [2.75, 3.05) is 33.4 Å². The lowest BCUT2D eigenvalue weighted by Gasteiger charge is -2.36. The summed E-state index contributed by atoms with van der Waals surface area (Å²) in [6.07, 6.45) is 5.00. The monoisotopic (exact) mass is 433 g/mol. The van der Waals surface area contributed by atoms with Gasteiger partial charge in [0.2, 0.25) is 11.8 Å². The summed E-state index contributed by atoms with van der Waals surface area (Å²) < 4.78 is 18.5. The third kappa shape index (κ3) is 6.26. The molecule has 1 aliphatic heterocycles. The highest BCUT2D eigenvalue weighted by atomic mass is 19.1. The number of amides is 3. The van der Waals surface area contributed by atoms with Crippen molar-refractivity contribution in [1.29, 1.82) is 0 Å². The molecule has 7 nitrogen and oxygen atoms in total. The number of hydrogen-bond acceptors (Lipinski definition) is 4. The number of carbonyl (C=O) groups excluding carboxylic acids is 3. The zero-order valence-electron chi connectivity index (χ0n) is 18.1. The Morgan fingerprint density at radius 1 is 1.16 bits per heavy atom. The fourth-order valence-electron chi connectivity index (χ4n) is 4.48.